The Morgan fingerprint density at radius 2 is 1.32 bits per heavy atom. The van der Waals surface area contributed by atoms with Gasteiger partial charge in [-0.3, -0.25) is 9.00 Å². The minimum Gasteiger partial charge on any atom is -0.321 e. The molecule has 34 heavy (non-hydrogen) atoms. The van der Waals surface area contributed by atoms with E-state index in [1.54, 1.807) is 18.3 Å². The van der Waals surface area contributed by atoms with Crippen LogP contribution in [0.25, 0.3) is 10.8 Å². The molecule has 0 radical (unpaired) electrons. The van der Waals surface area contributed by atoms with Gasteiger partial charge in [-0.1, -0.05) is 97.1 Å². The molecule has 1 aromatic heterocycles. The van der Waals surface area contributed by atoms with Crippen molar-refractivity contribution in [2.75, 3.05) is 5.32 Å². The molecule has 0 aliphatic carbocycles. The van der Waals surface area contributed by atoms with E-state index in [2.05, 4.69) is 10.3 Å². The summed E-state index contributed by atoms with van der Waals surface area (Å²) < 4.78 is 14.0. The number of benzene rings is 4. The van der Waals surface area contributed by atoms with E-state index in [-0.39, 0.29) is 10.9 Å². The number of amides is 1. The molecule has 4 nitrogen and oxygen atoms in total. The quantitative estimate of drug-likeness (QED) is 0.318. The van der Waals surface area contributed by atoms with Crippen molar-refractivity contribution < 1.29 is 9.00 Å². The normalized spacial score (nSPS) is 11.9. The molecule has 0 bridgehead atoms. The molecule has 4 aromatic carbocycles. The average molecular weight is 463 g/mol. The van der Waals surface area contributed by atoms with Crippen molar-refractivity contribution >= 4 is 33.2 Å². The Hall–Kier alpha value is -4.09. The van der Waals surface area contributed by atoms with Gasteiger partial charge in [0.25, 0.3) is 5.91 Å². The van der Waals surface area contributed by atoms with Crippen molar-refractivity contribution in [3.8, 4) is 0 Å². The maximum atomic E-state index is 14.0. The summed E-state index contributed by atoms with van der Waals surface area (Å²) >= 11 is 0. The molecule has 1 amide bonds. The van der Waals surface area contributed by atoms with Crippen LogP contribution in [0.3, 0.4) is 0 Å². The van der Waals surface area contributed by atoms with Crippen LogP contribution in [0.15, 0.2) is 126 Å². The molecule has 1 unspecified atom stereocenters. The lowest BCUT2D eigenvalue weighted by atomic mass is 10.0. The molecule has 166 valence electrons. The second-order valence-corrected chi connectivity index (χ2v) is 9.29. The number of fused-ring (bicyclic) bond motifs is 1. The average Bonchev–Trinajstić information content (AvgIpc) is 2.90. The van der Waals surface area contributed by atoms with Gasteiger partial charge < -0.3 is 5.32 Å². The second-order valence-electron chi connectivity index (χ2n) is 7.84. The zero-order valence-corrected chi connectivity index (χ0v) is 19.1. The van der Waals surface area contributed by atoms with Gasteiger partial charge in [-0.25, -0.2) is 4.98 Å². The van der Waals surface area contributed by atoms with Crippen molar-refractivity contribution in [1.82, 2.24) is 4.98 Å². The molecule has 0 saturated heterocycles. The molecule has 5 aromatic rings. The third-order valence-electron chi connectivity index (χ3n) is 5.66. The fraction of sp³-hybridized carbons (Fsp3) is 0.0345. The fourth-order valence-corrected chi connectivity index (χ4v) is 5.63. The van der Waals surface area contributed by atoms with E-state index in [1.807, 2.05) is 103 Å². The highest BCUT2D eigenvalue weighted by molar-refractivity contribution is 7.85. The lowest BCUT2D eigenvalue weighted by Crippen LogP contribution is -2.18. The van der Waals surface area contributed by atoms with Crippen LogP contribution in [-0.4, -0.2) is 15.1 Å². The van der Waals surface area contributed by atoms with Gasteiger partial charge in [0, 0.05) is 17.3 Å². The highest BCUT2D eigenvalue weighted by atomic mass is 32.2. The first-order valence-corrected chi connectivity index (χ1v) is 12.2. The SMILES string of the molecule is O=C(Nc1cccc2ccccc12)c1cccnc1S(=O)C(c1ccccc1)c1ccccc1. The maximum Gasteiger partial charge on any atom is 0.258 e. The monoisotopic (exact) mass is 462 g/mol. The van der Waals surface area contributed by atoms with Gasteiger partial charge in [0.05, 0.1) is 21.6 Å². The van der Waals surface area contributed by atoms with Crippen LogP contribution >= 0.6 is 0 Å². The second kappa shape index (κ2) is 9.81. The summed E-state index contributed by atoms with van der Waals surface area (Å²) in [6.07, 6.45) is 1.58. The summed E-state index contributed by atoms with van der Waals surface area (Å²) in [6.45, 7) is 0. The number of carbonyl (C=O) groups excluding carboxylic acids is 1. The summed E-state index contributed by atoms with van der Waals surface area (Å²) in [5, 5.41) is 4.78. The first-order chi connectivity index (χ1) is 16.7. The molecule has 0 fully saturated rings. The predicted molar refractivity (Wildman–Crippen MR) is 137 cm³/mol. The third-order valence-corrected chi connectivity index (χ3v) is 7.34. The summed E-state index contributed by atoms with van der Waals surface area (Å²) in [6, 6.07) is 36.4. The standard InChI is InChI=1S/C29H22N2O2S/c32-28(31-26-19-9-16-21-11-7-8-17-24(21)26)25-18-10-20-30-29(25)34(33)27(22-12-3-1-4-13-22)23-14-5-2-6-15-23/h1-20,27H,(H,31,32). The van der Waals surface area contributed by atoms with Crippen molar-refractivity contribution in [1.29, 1.82) is 0 Å². The van der Waals surface area contributed by atoms with Gasteiger partial charge in [0.1, 0.15) is 5.03 Å². The zero-order chi connectivity index (χ0) is 23.3. The molecule has 0 saturated carbocycles. The summed E-state index contributed by atoms with van der Waals surface area (Å²) in [5.74, 6) is -0.340. The number of nitrogens with one attached hydrogen (secondary N) is 1. The number of carbonyl (C=O) groups is 1. The van der Waals surface area contributed by atoms with Crippen molar-refractivity contribution in [3.63, 3.8) is 0 Å². The third kappa shape index (κ3) is 4.38. The topological polar surface area (TPSA) is 59.1 Å². The molecule has 1 atom stereocenters. The van der Waals surface area contributed by atoms with E-state index in [4.69, 9.17) is 0 Å². The highest BCUT2D eigenvalue weighted by Gasteiger charge is 2.27. The first-order valence-electron chi connectivity index (χ1n) is 11.0. The van der Waals surface area contributed by atoms with Crippen LogP contribution in [0.5, 0.6) is 0 Å². The van der Waals surface area contributed by atoms with E-state index < -0.39 is 16.0 Å². The summed E-state index contributed by atoms with van der Waals surface area (Å²) in [5.41, 5.74) is 2.80. The van der Waals surface area contributed by atoms with Crippen LogP contribution in [-0.2, 0) is 10.8 Å². The number of pyridine rings is 1. The summed E-state index contributed by atoms with van der Waals surface area (Å²) in [7, 11) is -1.61. The number of hydrogen-bond donors (Lipinski definition) is 1. The number of rotatable bonds is 6. The van der Waals surface area contributed by atoms with E-state index in [0.717, 1.165) is 21.9 Å². The van der Waals surface area contributed by atoms with E-state index in [9.17, 15) is 9.00 Å². The number of hydrogen-bond acceptors (Lipinski definition) is 3. The molecular weight excluding hydrogens is 440 g/mol. The molecule has 5 heteroatoms. The van der Waals surface area contributed by atoms with Gasteiger partial charge in [-0.2, -0.15) is 0 Å². The fourth-order valence-electron chi connectivity index (χ4n) is 4.05. The molecule has 1 heterocycles. The predicted octanol–water partition coefficient (Wildman–Crippen LogP) is 6.38. The van der Waals surface area contributed by atoms with Gasteiger partial charge in [0.15, 0.2) is 0 Å². The van der Waals surface area contributed by atoms with Crippen molar-refractivity contribution in [3.05, 3.63) is 138 Å². The maximum absolute atomic E-state index is 14.0. The van der Waals surface area contributed by atoms with E-state index >= 15 is 0 Å². The smallest absolute Gasteiger partial charge is 0.258 e. The largest absolute Gasteiger partial charge is 0.321 e. The summed E-state index contributed by atoms with van der Waals surface area (Å²) in [4.78, 5) is 17.8. The number of aromatic nitrogens is 1. The zero-order valence-electron chi connectivity index (χ0n) is 18.3. The van der Waals surface area contributed by atoms with Crippen LogP contribution < -0.4 is 5.32 Å². The van der Waals surface area contributed by atoms with Crippen LogP contribution in [0, 0.1) is 0 Å². The van der Waals surface area contributed by atoms with E-state index in [0.29, 0.717) is 11.3 Å². The Morgan fingerprint density at radius 1 is 0.706 bits per heavy atom. The van der Waals surface area contributed by atoms with Gasteiger partial charge in [0.2, 0.25) is 0 Å². The molecule has 5 rings (SSSR count). The Labute approximate surface area is 200 Å². The van der Waals surface area contributed by atoms with Crippen LogP contribution in [0.2, 0.25) is 0 Å². The Kier molecular flexibility index (Phi) is 6.27. The van der Waals surface area contributed by atoms with Gasteiger partial charge in [-0.05, 0) is 34.7 Å². The van der Waals surface area contributed by atoms with E-state index in [1.165, 1.54) is 0 Å². The van der Waals surface area contributed by atoms with Gasteiger partial charge >= 0.3 is 0 Å². The lowest BCUT2D eigenvalue weighted by molar-refractivity contribution is 0.102. The van der Waals surface area contributed by atoms with Crippen LogP contribution in [0.4, 0.5) is 5.69 Å². The number of nitrogens with zero attached hydrogens (tertiary/aromatic N) is 1. The van der Waals surface area contributed by atoms with Gasteiger partial charge in [-0.15, -0.1) is 0 Å². The Morgan fingerprint density at radius 3 is 2.03 bits per heavy atom. The molecule has 0 aliphatic rings. The molecule has 1 N–H and O–H groups in total. The first kappa shape index (κ1) is 21.7. The minimum atomic E-state index is -1.61. The molecule has 0 spiro atoms. The Balaban J connectivity index is 1.54. The number of anilines is 1. The highest BCUT2D eigenvalue weighted by Crippen LogP contribution is 2.33. The Bertz CT molecular complexity index is 1430. The van der Waals surface area contributed by atoms with Crippen molar-refractivity contribution in [2.24, 2.45) is 0 Å². The van der Waals surface area contributed by atoms with Crippen LogP contribution in [0.1, 0.15) is 26.7 Å². The molecule has 0 aliphatic heterocycles. The molecular formula is C29H22N2O2S. The lowest BCUT2D eigenvalue weighted by Gasteiger charge is -2.19. The van der Waals surface area contributed by atoms with Crippen molar-refractivity contribution in [2.45, 2.75) is 10.3 Å². The minimum absolute atomic E-state index is 0.262.